The number of amides is 2. The van der Waals surface area contributed by atoms with Gasteiger partial charge in [0.15, 0.2) is 12.1 Å². The number of benzene rings is 1. The second-order valence-electron chi connectivity index (χ2n) is 8.01. The Balaban J connectivity index is 1.53. The van der Waals surface area contributed by atoms with Crippen LogP contribution in [0.15, 0.2) is 42.7 Å². The van der Waals surface area contributed by atoms with E-state index in [0.717, 1.165) is 25.7 Å². The highest BCUT2D eigenvalue weighted by atomic mass is 16.2. The fraction of sp³-hybridized carbons (Fsp3) is 0.429. The van der Waals surface area contributed by atoms with Gasteiger partial charge in [-0.3, -0.25) is 14.6 Å². The molecule has 1 aliphatic carbocycles. The van der Waals surface area contributed by atoms with E-state index >= 15 is 0 Å². The van der Waals surface area contributed by atoms with Gasteiger partial charge in [0.1, 0.15) is 0 Å². The standard InChI is InChI=1S/C21H25N5O2/c1-25(2)21(16-6-4-3-5-7-16)10-8-20(9-11-21)15-26(19(28)24-20)17-12-22-18(14-27)23-13-17/h3-7,12-14H,8-11,15H2,1-2H3,(H,24,28)/t20-,21+. The van der Waals surface area contributed by atoms with E-state index in [9.17, 15) is 9.59 Å². The van der Waals surface area contributed by atoms with Gasteiger partial charge in [0.05, 0.1) is 30.2 Å². The maximum atomic E-state index is 12.6. The van der Waals surface area contributed by atoms with Gasteiger partial charge in [0.25, 0.3) is 0 Å². The lowest BCUT2D eigenvalue weighted by Crippen LogP contribution is -2.54. The van der Waals surface area contributed by atoms with Crippen molar-refractivity contribution in [2.75, 3.05) is 25.5 Å². The normalized spacial score (nSPS) is 27.2. The first-order chi connectivity index (χ1) is 13.5. The summed E-state index contributed by atoms with van der Waals surface area (Å²) in [4.78, 5) is 35.4. The first-order valence-corrected chi connectivity index (χ1v) is 9.58. The van der Waals surface area contributed by atoms with Crippen LogP contribution in [0.25, 0.3) is 0 Å². The molecule has 7 heteroatoms. The van der Waals surface area contributed by atoms with Crippen LogP contribution in [0.3, 0.4) is 0 Å². The Hall–Kier alpha value is -2.80. The molecule has 1 aromatic heterocycles. The predicted molar refractivity (Wildman–Crippen MR) is 106 cm³/mol. The van der Waals surface area contributed by atoms with E-state index in [4.69, 9.17) is 0 Å². The number of aldehydes is 1. The van der Waals surface area contributed by atoms with Gasteiger partial charge in [0.2, 0.25) is 0 Å². The van der Waals surface area contributed by atoms with Gasteiger partial charge in [-0.2, -0.15) is 0 Å². The van der Waals surface area contributed by atoms with E-state index in [1.165, 1.54) is 18.0 Å². The summed E-state index contributed by atoms with van der Waals surface area (Å²) < 4.78 is 0. The molecule has 2 aliphatic rings. The molecule has 28 heavy (non-hydrogen) atoms. The zero-order chi connectivity index (χ0) is 19.8. The molecule has 7 nitrogen and oxygen atoms in total. The highest BCUT2D eigenvalue weighted by Gasteiger charge is 2.50. The van der Waals surface area contributed by atoms with Gasteiger partial charge in [-0.05, 0) is 45.3 Å². The van der Waals surface area contributed by atoms with Crippen molar-refractivity contribution in [3.63, 3.8) is 0 Å². The second-order valence-corrected chi connectivity index (χ2v) is 8.01. The second kappa shape index (κ2) is 6.98. The number of nitrogens with one attached hydrogen (secondary N) is 1. The molecule has 0 unspecified atom stereocenters. The minimum Gasteiger partial charge on any atom is -0.330 e. The number of carbonyl (C=O) groups is 2. The molecule has 0 radical (unpaired) electrons. The quantitative estimate of drug-likeness (QED) is 0.826. The van der Waals surface area contributed by atoms with E-state index in [0.29, 0.717) is 18.5 Å². The number of anilines is 1. The van der Waals surface area contributed by atoms with Gasteiger partial charge in [0, 0.05) is 5.54 Å². The van der Waals surface area contributed by atoms with Gasteiger partial charge in [-0.25, -0.2) is 14.8 Å². The van der Waals surface area contributed by atoms with Crippen molar-refractivity contribution in [1.82, 2.24) is 20.2 Å². The molecule has 2 amide bonds. The van der Waals surface area contributed by atoms with Gasteiger partial charge >= 0.3 is 6.03 Å². The molecule has 4 rings (SSSR count). The van der Waals surface area contributed by atoms with Crippen molar-refractivity contribution in [3.05, 3.63) is 54.1 Å². The average Bonchev–Trinajstić information content (AvgIpc) is 3.05. The summed E-state index contributed by atoms with van der Waals surface area (Å²) in [6.07, 6.45) is 7.40. The van der Waals surface area contributed by atoms with Crippen LogP contribution >= 0.6 is 0 Å². The molecule has 1 saturated heterocycles. The molecule has 1 spiro atoms. The molecule has 1 aromatic carbocycles. The fourth-order valence-corrected chi connectivity index (χ4v) is 4.62. The zero-order valence-electron chi connectivity index (χ0n) is 16.3. The summed E-state index contributed by atoms with van der Waals surface area (Å²) in [7, 11) is 4.27. The summed E-state index contributed by atoms with van der Waals surface area (Å²) in [5.74, 6) is 0.120. The Bertz CT molecular complexity index is 858. The summed E-state index contributed by atoms with van der Waals surface area (Å²) in [6, 6.07) is 10.5. The molecule has 2 heterocycles. The van der Waals surface area contributed by atoms with Crippen LogP contribution in [0.1, 0.15) is 41.9 Å². The topological polar surface area (TPSA) is 78.4 Å². The lowest BCUT2D eigenvalue weighted by molar-refractivity contribution is 0.0658. The monoisotopic (exact) mass is 379 g/mol. The number of hydrogen-bond donors (Lipinski definition) is 1. The SMILES string of the molecule is CN(C)[C@]1(c2ccccc2)CC[C@]2(CC1)CN(c1cnc(C=O)nc1)C(=O)N2. The number of hydrogen-bond acceptors (Lipinski definition) is 5. The molecule has 0 atom stereocenters. The van der Waals surface area contributed by atoms with Crippen molar-refractivity contribution < 1.29 is 9.59 Å². The molecule has 2 aromatic rings. The maximum Gasteiger partial charge on any atom is 0.322 e. The third-order valence-electron chi connectivity index (χ3n) is 6.35. The molecule has 146 valence electrons. The van der Waals surface area contributed by atoms with Crippen LogP contribution in [0.2, 0.25) is 0 Å². The van der Waals surface area contributed by atoms with Crippen molar-refractivity contribution in [2.45, 2.75) is 36.8 Å². The molecular weight excluding hydrogens is 354 g/mol. The maximum absolute atomic E-state index is 12.6. The lowest BCUT2D eigenvalue weighted by atomic mass is 9.69. The number of nitrogens with zero attached hydrogens (tertiary/aromatic N) is 4. The van der Waals surface area contributed by atoms with Crippen LogP contribution in [0.5, 0.6) is 0 Å². The minimum absolute atomic E-state index is 0.0145. The van der Waals surface area contributed by atoms with E-state index < -0.39 is 0 Å². The van der Waals surface area contributed by atoms with Crippen LogP contribution in [-0.4, -0.2) is 53.4 Å². The fourth-order valence-electron chi connectivity index (χ4n) is 4.62. The predicted octanol–water partition coefficient (Wildman–Crippen LogP) is 2.59. The summed E-state index contributed by atoms with van der Waals surface area (Å²) in [5.41, 5.74) is 1.69. The van der Waals surface area contributed by atoms with E-state index in [-0.39, 0.29) is 22.9 Å². The highest BCUT2D eigenvalue weighted by molar-refractivity contribution is 5.95. The molecular formula is C21H25N5O2. The molecule has 2 fully saturated rings. The van der Waals surface area contributed by atoms with E-state index in [2.05, 4.69) is 58.5 Å². The molecule has 1 saturated carbocycles. The lowest BCUT2D eigenvalue weighted by Gasteiger charge is -2.48. The first kappa shape index (κ1) is 18.6. The minimum atomic E-state index is -0.241. The number of rotatable bonds is 4. The summed E-state index contributed by atoms with van der Waals surface area (Å²) in [5, 5.41) is 3.22. The van der Waals surface area contributed by atoms with E-state index in [1.54, 1.807) is 4.90 Å². The molecule has 1 aliphatic heterocycles. The Labute approximate surface area is 164 Å². The van der Waals surface area contributed by atoms with E-state index in [1.807, 2.05) is 6.07 Å². The highest BCUT2D eigenvalue weighted by Crippen LogP contribution is 2.46. The summed E-state index contributed by atoms with van der Waals surface area (Å²) >= 11 is 0. The van der Waals surface area contributed by atoms with Gasteiger partial charge in [-0.1, -0.05) is 30.3 Å². The Morgan fingerprint density at radius 2 is 1.71 bits per heavy atom. The Kier molecular flexibility index (Phi) is 4.63. The third-order valence-corrected chi connectivity index (χ3v) is 6.35. The van der Waals surface area contributed by atoms with Crippen molar-refractivity contribution >= 4 is 18.0 Å². The first-order valence-electron chi connectivity index (χ1n) is 9.58. The smallest absolute Gasteiger partial charge is 0.322 e. The molecule has 0 bridgehead atoms. The van der Waals surface area contributed by atoms with Gasteiger partial charge in [-0.15, -0.1) is 0 Å². The Morgan fingerprint density at radius 1 is 1.07 bits per heavy atom. The number of urea groups is 1. The molecule has 1 N–H and O–H groups in total. The summed E-state index contributed by atoms with van der Waals surface area (Å²) in [6.45, 7) is 0.591. The zero-order valence-corrected chi connectivity index (χ0v) is 16.3. The third kappa shape index (κ3) is 3.05. The Morgan fingerprint density at radius 3 is 2.29 bits per heavy atom. The average molecular weight is 379 g/mol. The number of aromatic nitrogens is 2. The van der Waals surface area contributed by atoms with Crippen molar-refractivity contribution in [2.24, 2.45) is 0 Å². The van der Waals surface area contributed by atoms with Crippen LogP contribution < -0.4 is 10.2 Å². The van der Waals surface area contributed by atoms with Crippen molar-refractivity contribution in [1.29, 1.82) is 0 Å². The van der Waals surface area contributed by atoms with Crippen LogP contribution in [0, 0.1) is 0 Å². The van der Waals surface area contributed by atoms with Crippen molar-refractivity contribution in [3.8, 4) is 0 Å². The van der Waals surface area contributed by atoms with Gasteiger partial charge < -0.3 is 5.32 Å². The largest absolute Gasteiger partial charge is 0.330 e. The number of carbonyl (C=O) groups excluding carboxylic acids is 2. The van der Waals surface area contributed by atoms with Crippen LogP contribution in [-0.2, 0) is 5.54 Å². The van der Waals surface area contributed by atoms with Crippen LogP contribution in [0.4, 0.5) is 10.5 Å².